The quantitative estimate of drug-likeness (QED) is 0.425. The predicted octanol–water partition coefficient (Wildman–Crippen LogP) is 4.98. The fraction of sp³-hybridized carbons (Fsp3) is 0.970. The van der Waals surface area contributed by atoms with Gasteiger partial charge >= 0.3 is 6.09 Å². The highest BCUT2D eigenvalue weighted by atomic mass is 16.6. The molecule has 6 rings (SSSR count). The van der Waals surface area contributed by atoms with Crippen molar-refractivity contribution in [2.75, 3.05) is 27.2 Å². The standard InChI is InChI=1S/C33H56N2O5/c1-29(2)25-11-9-20-22-18-24-21(8-10-23(39-24)27(36)30(3,4)38)31(22,5)14-15-32(20)19-33(25,32)13-12-26(29)40-28(37)34-16-17-35(6)7/h20-27,36,38H,8-19H2,1-7H3,(H,34,37)/t20?,21?,22?,23?,24?,25?,26-,27-,31?,32?,33?/m0/s1. The number of aliphatic hydroxyl groups excluding tert-OH is 1. The van der Waals surface area contributed by atoms with E-state index in [9.17, 15) is 15.0 Å². The highest BCUT2D eigenvalue weighted by Gasteiger charge is 2.80. The summed E-state index contributed by atoms with van der Waals surface area (Å²) < 4.78 is 12.8. The summed E-state index contributed by atoms with van der Waals surface area (Å²) in [6, 6.07) is 0. The SMILES string of the molecule is CN(C)CCNC(=O)O[C@H]1CCC23CC24CCC2(C)C5CCC([C@H](O)C(C)(C)O)OC5CC2C4CCC3C1(C)C. The van der Waals surface area contributed by atoms with Gasteiger partial charge in [-0.05, 0) is 132 Å². The minimum atomic E-state index is -1.14. The van der Waals surface area contributed by atoms with Gasteiger partial charge in [0.05, 0.1) is 17.8 Å². The lowest BCUT2D eigenvalue weighted by molar-refractivity contribution is -0.177. The van der Waals surface area contributed by atoms with Crippen molar-refractivity contribution < 1.29 is 24.5 Å². The second-order valence-corrected chi connectivity index (χ2v) is 16.6. The number of amides is 1. The number of likely N-dealkylation sites (N-methyl/N-ethyl adjacent to an activating group) is 1. The molecule has 9 unspecified atom stereocenters. The molecule has 1 saturated heterocycles. The van der Waals surface area contributed by atoms with Gasteiger partial charge in [0.15, 0.2) is 0 Å². The van der Waals surface area contributed by atoms with Gasteiger partial charge in [0, 0.05) is 18.5 Å². The van der Waals surface area contributed by atoms with Crippen LogP contribution in [0, 0.1) is 45.3 Å². The largest absolute Gasteiger partial charge is 0.446 e. The molecule has 6 fully saturated rings. The van der Waals surface area contributed by atoms with Crippen molar-refractivity contribution in [3.8, 4) is 0 Å². The van der Waals surface area contributed by atoms with Crippen LogP contribution < -0.4 is 5.32 Å². The summed E-state index contributed by atoms with van der Waals surface area (Å²) in [5.74, 6) is 2.63. The first-order chi connectivity index (χ1) is 18.7. The van der Waals surface area contributed by atoms with Crippen molar-refractivity contribution >= 4 is 6.09 Å². The smallest absolute Gasteiger partial charge is 0.407 e. The molecule has 3 N–H and O–H groups in total. The molecule has 6 aliphatic rings. The number of nitrogens with zero attached hydrogens (tertiary/aromatic N) is 1. The first-order valence-corrected chi connectivity index (χ1v) is 16.3. The van der Waals surface area contributed by atoms with Crippen molar-refractivity contribution in [1.29, 1.82) is 0 Å². The summed E-state index contributed by atoms with van der Waals surface area (Å²) in [6.07, 6.45) is 10.6. The van der Waals surface area contributed by atoms with E-state index in [0.29, 0.717) is 40.5 Å². The van der Waals surface area contributed by atoms with Crippen LogP contribution in [0.5, 0.6) is 0 Å². The summed E-state index contributed by atoms with van der Waals surface area (Å²) in [6.45, 7) is 12.1. The topological polar surface area (TPSA) is 91.3 Å². The highest BCUT2D eigenvalue weighted by molar-refractivity contribution is 5.67. The third-order valence-corrected chi connectivity index (χ3v) is 13.7. The van der Waals surface area contributed by atoms with E-state index in [1.165, 1.54) is 38.5 Å². The zero-order chi connectivity index (χ0) is 28.9. The lowest BCUT2D eigenvalue weighted by Gasteiger charge is -2.59. The number of nitrogens with one attached hydrogen (secondary N) is 1. The zero-order valence-electron chi connectivity index (χ0n) is 26.2. The van der Waals surface area contributed by atoms with Gasteiger partial charge in [0.1, 0.15) is 12.2 Å². The van der Waals surface area contributed by atoms with Crippen molar-refractivity contribution in [1.82, 2.24) is 10.2 Å². The minimum Gasteiger partial charge on any atom is -0.446 e. The van der Waals surface area contributed by atoms with E-state index in [-0.39, 0.29) is 29.8 Å². The zero-order valence-corrected chi connectivity index (χ0v) is 26.2. The third-order valence-electron chi connectivity index (χ3n) is 13.7. The maximum absolute atomic E-state index is 12.7. The van der Waals surface area contributed by atoms with E-state index in [0.717, 1.165) is 38.1 Å². The van der Waals surface area contributed by atoms with Crippen molar-refractivity contribution in [2.24, 2.45) is 45.3 Å². The van der Waals surface area contributed by atoms with Crippen molar-refractivity contribution in [2.45, 2.75) is 129 Å². The van der Waals surface area contributed by atoms with E-state index in [1.807, 2.05) is 14.1 Å². The number of ether oxygens (including phenoxy) is 2. The van der Waals surface area contributed by atoms with Crippen LogP contribution in [0.4, 0.5) is 4.79 Å². The number of carbonyl (C=O) groups is 1. The Morgan fingerprint density at radius 1 is 1.02 bits per heavy atom. The first-order valence-electron chi connectivity index (χ1n) is 16.3. The summed E-state index contributed by atoms with van der Waals surface area (Å²) >= 11 is 0. The van der Waals surface area contributed by atoms with Crippen LogP contribution in [0.3, 0.4) is 0 Å². The molecule has 1 heterocycles. The first kappa shape index (κ1) is 29.2. The Labute approximate surface area is 242 Å². The molecule has 7 nitrogen and oxygen atoms in total. The van der Waals surface area contributed by atoms with Gasteiger partial charge in [-0.3, -0.25) is 0 Å². The Morgan fingerprint density at radius 2 is 1.75 bits per heavy atom. The van der Waals surface area contributed by atoms with Crippen LogP contribution in [0.2, 0.25) is 0 Å². The fourth-order valence-corrected chi connectivity index (χ4v) is 11.7. The van der Waals surface area contributed by atoms with Crippen LogP contribution in [0.25, 0.3) is 0 Å². The molecule has 40 heavy (non-hydrogen) atoms. The highest BCUT2D eigenvalue weighted by Crippen LogP contribution is 2.87. The molecule has 0 aromatic carbocycles. The summed E-state index contributed by atoms with van der Waals surface area (Å²) in [5, 5.41) is 24.2. The van der Waals surface area contributed by atoms with E-state index in [1.54, 1.807) is 13.8 Å². The molecule has 0 bridgehead atoms. The summed E-state index contributed by atoms with van der Waals surface area (Å²) in [7, 11) is 4.02. The summed E-state index contributed by atoms with van der Waals surface area (Å²) in [5.41, 5.74) is 0.0336. The number of carbonyl (C=O) groups excluding carboxylic acids is 1. The molecule has 0 aromatic rings. The molecule has 0 aromatic heterocycles. The normalized spacial score (nSPS) is 47.7. The molecule has 5 saturated carbocycles. The van der Waals surface area contributed by atoms with E-state index < -0.39 is 11.7 Å². The molecule has 5 aliphatic carbocycles. The maximum atomic E-state index is 12.7. The molecular weight excluding hydrogens is 504 g/mol. The number of aliphatic hydroxyl groups is 2. The number of alkyl carbamates (subject to hydrolysis) is 1. The molecule has 0 radical (unpaired) electrons. The van der Waals surface area contributed by atoms with Crippen LogP contribution in [0.1, 0.15) is 98.8 Å². The average molecular weight is 561 g/mol. The van der Waals surface area contributed by atoms with Crippen molar-refractivity contribution in [3.63, 3.8) is 0 Å². The summed E-state index contributed by atoms with van der Waals surface area (Å²) in [4.78, 5) is 14.7. The second kappa shape index (κ2) is 9.56. The van der Waals surface area contributed by atoms with E-state index >= 15 is 0 Å². The third kappa shape index (κ3) is 4.22. The van der Waals surface area contributed by atoms with E-state index in [4.69, 9.17) is 9.47 Å². The maximum Gasteiger partial charge on any atom is 0.407 e. The van der Waals surface area contributed by atoms with Crippen LogP contribution in [-0.4, -0.2) is 78.4 Å². The van der Waals surface area contributed by atoms with Crippen LogP contribution in [0.15, 0.2) is 0 Å². The van der Waals surface area contributed by atoms with Gasteiger partial charge in [-0.2, -0.15) is 0 Å². The molecule has 11 atom stereocenters. The Hall–Kier alpha value is -0.890. The minimum absolute atomic E-state index is 0.0143. The fourth-order valence-electron chi connectivity index (χ4n) is 11.7. The molecule has 2 spiro atoms. The Bertz CT molecular complexity index is 994. The lowest BCUT2D eigenvalue weighted by Crippen LogP contribution is -2.55. The van der Waals surface area contributed by atoms with Gasteiger partial charge < -0.3 is 29.9 Å². The predicted molar refractivity (Wildman–Crippen MR) is 155 cm³/mol. The molecular formula is C33H56N2O5. The van der Waals surface area contributed by atoms with Crippen LogP contribution in [-0.2, 0) is 9.47 Å². The molecule has 7 heteroatoms. The Morgan fingerprint density at radius 3 is 2.45 bits per heavy atom. The molecule has 1 amide bonds. The number of rotatable bonds is 6. The lowest BCUT2D eigenvalue weighted by atomic mass is 9.46. The number of hydrogen-bond acceptors (Lipinski definition) is 6. The number of hydrogen-bond donors (Lipinski definition) is 3. The van der Waals surface area contributed by atoms with Gasteiger partial charge in [-0.15, -0.1) is 0 Å². The number of fused-ring (bicyclic) bond motifs is 4. The molecule has 1 aliphatic heterocycles. The van der Waals surface area contributed by atoms with Gasteiger partial charge in [0.25, 0.3) is 0 Å². The van der Waals surface area contributed by atoms with E-state index in [2.05, 4.69) is 31.0 Å². The second-order valence-electron chi connectivity index (χ2n) is 16.6. The average Bonchev–Trinajstić information content (AvgIpc) is 3.44. The Balaban J connectivity index is 1.15. The Kier molecular flexibility index (Phi) is 6.97. The monoisotopic (exact) mass is 560 g/mol. The van der Waals surface area contributed by atoms with Gasteiger partial charge in [-0.1, -0.05) is 20.8 Å². The van der Waals surface area contributed by atoms with Crippen molar-refractivity contribution in [3.05, 3.63) is 0 Å². The van der Waals surface area contributed by atoms with Crippen LogP contribution >= 0.6 is 0 Å². The van der Waals surface area contributed by atoms with Gasteiger partial charge in [-0.25, -0.2) is 4.79 Å². The molecule has 228 valence electrons. The van der Waals surface area contributed by atoms with Gasteiger partial charge in [0.2, 0.25) is 0 Å².